The topological polar surface area (TPSA) is 34.4 Å². The van der Waals surface area contributed by atoms with Crippen molar-refractivity contribution in [3.8, 4) is 0 Å². The first-order valence-electron chi connectivity index (χ1n) is 5.79. The van der Waals surface area contributed by atoms with E-state index in [0.717, 1.165) is 20.7 Å². The number of nitrogens with zero attached hydrogens (tertiary/aromatic N) is 2. The number of pyridine rings is 1. The normalized spacial score (nSPS) is 12.7. The first-order chi connectivity index (χ1) is 9.22. The molecule has 1 atom stereocenters. The van der Waals surface area contributed by atoms with Crippen molar-refractivity contribution in [1.82, 2.24) is 9.38 Å². The molecule has 19 heavy (non-hydrogen) atoms. The minimum absolute atomic E-state index is 0.434. The van der Waals surface area contributed by atoms with Gasteiger partial charge in [0.2, 0.25) is 0 Å². The fourth-order valence-corrected chi connectivity index (χ4v) is 3.26. The Morgan fingerprint density at radius 2 is 1.89 bits per heavy atom. The van der Waals surface area contributed by atoms with Gasteiger partial charge in [0.25, 0.3) is 0 Å². The molecule has 96 valence electrons. The summed E-state index contributed by atoms with van der Waals surface area (Å²) < 4.78 is 15.1. The van der Waals surface area contributed by atoms with E-state index in [2.05, 4.69) is 20.9 Å². The van der Waals surface area contributed by atoms with Gasteiger partial charge in [0.1, 0.15) is 5.65 Å². The molecule has 3 aromatic rings. The maximum Gasteiger partial charge on any atom is 0.137 e. The zero-order valence-electron chi connectivity index (χ0n) is 9.99. The van der Waals surface area contributed by atoms with Gasteiger partial charge in [-0.15, -0.1) is 0 Å². The van der Waals surface area contributed by atoms with E-state index >= 15 is 0 Å². The van der Waals surface area contributed by atoms with Crippen LogP contribution in [-0.4, -0.2) is 13.6 Å². The molecule has 0 saturated carbocycles. The Balaban J connectivity index is 1.87. The Labute approximate surface area is 121 Å². The van der Waals surface area contributed by atoms with Crippen LogP contribution in [0.15, 0.2) is 64.2 Å². The van der Waals surface area contributed by atoms with Gasteiger partial charge in [-0.05, 0) is 40.2 Å². The minimum Gasteiger partial charge on any atom is -0.306 e. The zero-order chi connectivity index (χ0) is 13.2. The summed E-state index contributed by atoms with van der Waals surface area (Å²) in [6, 6.07) is 13.3. The molecule has 0 aliphatic heterocycles. The smallest absolute Gasteiger partial charge is 0.137 e. The van der Waals surface area contributed by atoms with E-state index in [1.165, 1.54) is 0 Å². The SMILES string of the molecule is O=S(Cc1cn2cc(Br)ccc2n1)c1ccccc1. The Morgan fingerprint density at radius 3 is 2.68 bits per heavy atom. The van der Waals surface area contributed by atoms with Crippen molar-refractivity contribution in [1.29, 1.82) is 0 Å². The Morgan fingerprint density at radius 1 is 1.11 bits per heavy atom. The second kappa shape index (κ2) is 5.27. The molecule has 0 radical (unpaired) electrons. The fourth-order valence-electron chi connectivity index (χ4n) is 1.88. The Bertz CT molecular complexity index is 740. The predicted octanol–water partition coefficient (Wildman–Crippen LogP) is 3.40. The van der Waals surface area contributed by atoms with E-state index in [9.17, 15) is 4.21 Å². The maximum atomic E-state index is 12.2. The summed E-state index contributed by atoms with van der Waals surface area (Å²) in [7, 11) is -1.05. The van der Waals surface area contributed by atoms with Gasteiger partial charge in [-0.1, -0.05) is 18.2 Å². The lowest BCUT2D eigenvalue weighted by Gasteiger charge is -1.98. The second-order valence-electron chi connectivity index (χ2n) is 4.15. The van der Waals surface area contributed by atoms with E-state index in [4.69, 9.17) is 0 Å². The van der Waals surface area contributed by atoms with Crippen LogP contribution in [0.3, 0.4) is 0 Å². The summed E-state index contributed by atoms with van der Waals surface area (Å²) in [5.74, 6) is 0.434. The minimum atomic E-state index is -1.05. The van der Waals surface area contributed by atoms with Crippen LogP contribution in [0.5, 0.6) is 0 Å². The van der Waals surface area contributed by atoms with Gasteiger partial charge in [-0.3, -0.25) is 4.21 Å². The van der Waals surface area contributed by atoms with Crippen LogP contribution in [0.2, 0.25) is 0 Å². The number of aromatic nitrogens is 2. The van der Waals surface area contributed by atoms with E-state index in [1.807, 2.05) is 59.3 Å². The van der Waals surface area contributed by atoms with Gasteiger partial charge >= 0.3 is 0 Å². The zero-order valence-corrected chi connectivity index (χ0v) is 12.4. The molecule has 3 nitrogen and oxygen atoms in total. The van der Waals surface area contributed by atoms with Gasteiger partial charge in [0, 0.05) is 21.8 Å². The monoisotopic (exact) mass is 334 g/mol. The maximum absolute atomic E-state index is 12.2. The van der Waals surface area contributed by atoms with Gasteiger partial charge in [-0.2, -0.15) is 0 Å². The molecule has 2 heterocycles. The number of rotatable bonds is 3. The van der Waals surface area contributed by atoms with E-state index in [-0.39, 0.29) is 0 Å². The van der Waals surface area contributed by atoms with Gasteiger partial charge < -0.3 is 4.40 Å². The highest BCUT2D eigenvalue weighted by atomic mass is 79.9. The Hall–Kier alpha value is -1.46. The highest BCUT2D eigenvalue weighted by Gasteiger charge is 2.08. The molecule has 0 N–H and O–H groups in total. The van der Waals surface area contributed by atoms with Crippen molar-refractivity contribution < 1.29 is 4.21 Å². The van der Waals surface area contributed by atoms with Crippen molar-refractivity contribution in [2.45, 2.75) is 10.6 Å². The number of hydrogen-bond acceptors (Lipinski definition) is 2. The van der Waals surface area contributed by atoms with Crippen LogP contribution in [0.25, 0.3) is 5.65 Å². The van der Waals surface area contributed by atoms with Crippen LogP contribution in [0, 0.1) is 0 Å². The summed E-state index contributed by atoms with van der Waals surface area (Å²) in [6.07, 6.45) is 3.86. The van der Waals surface area contributed by atoms with Crippen molar-refractivity contribution in [2.75, 3.05) is 0 Å². The number of benzene rings is 1. The van der Waals surface area contributed by atoms with Crippen molar-refractivity contribution in [3.05, 3.63) is 65.0 Å². The molecule has 0 aliphatic carbocycles. The number of hydrogen-bond donors (Lipinski definition) is 0. The molecule has 5 heteroatoms. The van der Waals surface area contributed by atoms with E-state index in [0.29, 0.717) is 5.75 Å². The lowest BCUT2D eigenvalue weighted by atomic mass is 10.4. The molecular formula is C14H11BrN2OS. The fraction of sp³-hybridized carbons (Fsp3) is 0.0714. The molecule has 0 fully saturated rings. The van der Waals surface area contributed by atoms with E-state index in [1.54, 1.807) is 0 Å². The molecule has 0 saturated heterocycles. The quantitative estimate of drug-likeness (QED) is 0.735. The molecule has 1 aromatic carbocycles. The predicted molar refractivity (Wildman–Crippen MR) is 79.4 cm³/mol. The number of halogens is 1. The largest absolute Gasteiger partial charge is 0.306 e. The summed E-state index contributed by atoms with van der Waals surface area (Å²) >= 11 is 3.42. The molecule has 3 rings (SSSR count). The second-order valence-corrected chi connectivity index (χ2v) is 6.51. The van der Waals surface area contributed by atoms with Crippen LogP contribution in [-0.2, 0) is 16.6 Å². The molecule has 0 bridgehead atoms. The highest BCUT2D eigenvalue weighted by Crippen LogP contribution is 2.15. The van der Waals surface area contributed by atoms with Crippen LogP contribution < -0.4 is 0 Å². The third-order valence-electron chi connectivity index (χ3n) is 2.75. The lowest BCUT2D eigenvalue weighted by molar-refractivity contribution is 0.682. The average molecular weight is 335 g/mol. The van der Waals surface area contributed by atoms with Gasteiger partial charge in [0.15, 0.2) is 0 Å². The average Bonchev–Trinajstić information content (AvgIpc) is 2.81. The molecule has 0 amide bonds. The molecule has 0 aliphatic rings. The number of imidazole rings is 1. The summed E-state index contributed by atoms with van der Waals surface area (Å²) in [5, 5.41) is 0. The Kier molecular flexibility index (Phi) is 3.48. The standard InChI is InChI=1S/C14H11BrN2OS/c15-11-6-7-14-16-12(9-17(14)8-11)10-19(18)13-4-2-1-3-5-13/h1-9H,10H2. The van der Waals surface area contributed by atoms with E-state index < -0.39 is 10.8 Å². The van der Waals surface area contributed by atoms with Crippen molar-refractivity contribution in [2.24, 2.45) is 0 Å². The van der Waals surface area contributed by atoms with Gasteiger partial charge in [0.05, 0.1) is 22.2 Å². The van der Waals surface area contributed by atoms with Crippen LogP contribution >= 0.6 is 15.9 Å². The van der Waals surface area contributed by atoms with Crippen molar-refractivity contribution in [3.63, 3.8) is 0 Å². The van der Waals surface area contributed by atoms with Crippen LogP contribution in [0.1, 0.15) is 5.69 Å². The first kappa shape index (κ1) is 12.6. The first-order valence-corrected chi connectivity index (χ1v) is 7.90. The summed E-state index contributed by atoms with van der Waals surface area (Å²) in [6.45, 7) is 0. The number of fused-ring (bicyclic) bond motifs is 1. The van der Waals surface area contributed by atoms with Crippen LogP contribution in [0.4, 0.5) is 0 Å². The molecule has 1 unspecified atom stereocenters. The molecular weight excluding hydrogens is 324 g/mol. The van der Waals surface area contributed by atoms with Gasteiger partial charge in [-0.25, -0.2) is 4.98 Å². The third kappa shape index (κ3) is 2.77. The highest BCUT2D eigenvalue weighted by molar-refractivity contribution is 9.10. The third-order valence-corrected chi connectivity index (χ3v) is 4.57. The summed E-state index contributed by atoms with van der Waals surface area (Å²) in [5.41, 5.74) is 1.70. The molecule has 2 aromatic heterocycles. The van der Waals surface area contributed by atoms with Crippen molar-refractivity contribution >= 4 is 32.4 Å². The molecule has 0 spiro atoms. The summed E-state index contributed by atoms with van der Waals surface area (Å²) in [4.78, 5) is 5.30. The lowest BCUT2D eigenvalue weighted by Crippen LogP contribution is -1.96.